The zero-order valence-electron chi connectivity index (χ0n) is 22.0. The first kappa shape index (κ1) is 28.7. The summed E-state index contributed by atoms with van der Waals surface area (Å²) in [7, 11) is 4.62. The van der Waals surface area contributed by atoms with Crippen LogP contribution in [-0.4, -0.2) is 73.4 Å². The molecule has 39 heavy (non-hydrogen) atoms. The molecule has 0 radical (unpaired) electrons. The topological polar surface area (TPSA) is 84.0 Å². The molecule has 8 nitrogen and oxygen atoms in total. The van der Waals surface area contributed by atoms with Crippen molar-refractivity contribution in [3.63, 3.8) is 0 Å². The molecular formula is C26H29F5N4O4. The molecule has 2 aliphatic heterocycles. The maximum atomic E-state index is 14.5. The number of pyridine rings is 1. The van der Waals surface area contributed by atoms with E-state index in [2.05, 4.69) is 10.3 Å². The van der Waals surface area contributed by atoms with E-state index in [1.54, 1.807) is 19.0 Å². The molecule has 1 aromatic heterocycles. The van der Waals surface area contributed by atoms with E-state index in [4.69, 9.17) is 9.47 Å². The fourth-order valence-corrected chi connectivity index (χ4v) is 5.27. The number of aromatic nitrogens is 1. The second-order valence-electron chi connectivity index (χ2n) is 10.1. The number of carbonyl (C=O) groups excluding carboxylic acids is 2. The summed E-state index contributed by atoms with van der Waals surface area (Å²) < 4.78 is 81.3. The minimum atomic E-state index is -4.88. The minimum absolute atomic E-state index is 0.134. The minimum Gasteiger partial charge on any atom is -0.493 e. The molecule has 4 rings (SSSR count). The zero-order valence-corrected chi connectivity index (χ0v) is 22.0. The summed E-state index contributed by atoms with van der Waals surface area (Å²) in [5.41, 5.74) is -2.74. The lowest BCUT2D eigenvalue weighted by Crippen LogP contribution is -2.47. The lowest BCUT2D eigenvalue weighted by molar-refractivity contribution is -0.272. The molecule has 3 heterocycles. The summed E-state index contributed by atoms with van der Waals surface area (Å²) in [6.45, 7) is 2.45. The van der Waals surface area contributed by atoms with E-state index in [-0.39, 0.29) is 29.0 Å². The number of nitrogens with one attached hydrogen (secondary N) is 1. The molecule has 0 spiro atoms. The van der Waals surface area contributed by atoms with Crippen LogP contribution in [0.3, 0.4) is 0 Å². The number of carbonyl (C=O) groups is 2. The van der Waals surface area contributed by atoms with Gasteiger partial charge in [-0.2, -0.15) is 17.6 Å². The molecule has 5 atom stereocenters. The van der Waals surface area contributed by atoms with Gasteiger partial charge in [0.15, 0.2) is 17.2 Å². The van der Waals surface area contributed by atoms with Crippen molar-refractivity contribution in [2.45, 2.75) is 50.1 Å². The Balaban J connectivity index is 1.67. The predicted molar refractivity (Wildman–Crippen MR) is 131 cm³/mol. The van der Waals surface area contributed by atoms with Gasteiger partial charge in [-0.15, -0.1) is 0 Å². The second kappa shape index (κ2) is 10.3. The standard InChI is InChI=1S/C26H29F5N4O4/c1-13-19(15-6-7-16(27)20(28)21(15)38-5)22(39-25(13,2)26(29,30)31)23(36)33-14-8-10-32-18(12-14)35-11-9-17(24(35)37)34(3)4/h6-8,10,12-13,17,19,22H,9,11H2,1-5H3,(H,32,33,36)/t13-,17-,19-,22+,25+/m0/s1. The lowest BCUT2D eigenvalue weighted by atomic mass is 9.77. The average Bonchev–Trinajstić information content (AvgIpc) is 3.39. The van der Waals surface area contributed by atoms with Crippen LogP contribution in [0.5, 0.6) is 5.75 Å². The van der Waals surface area contributed by atoms with Crippen LogP contribution >= 0.6 is 0 Å². The monoisotopic (exact) mass is 556 g/mol. The molecule has 0 bridgehead atoms. The van der Waals surface area contributed by atoms with Gasteiger partial charge in [0.1, 0.15) is 11.9 Å². The number of methoxy groups -OCH3 is 1. The van der Waals surface area contributed by atoms with Crippen LogP contribution < -0.4 is 15.0 Å². The lowest BCUT2D eigenvalue weighted by Gasteiger charge is -2.32. The molecule has 13 heteroatoms. The molecule has 1 N–H and O–H groups in total. The molecular weight excluding hydrogens is 527 g/mol. The maximum absolute atomic E-state index is 14.5. The first-order chi connectivity index (χ1) is 18.2. The molecule has 2 aliphatic rings. The maximum Gasteiger partial charge on any atom is 0.417 e. The van der Waals surface area contributed by atoms with Crippen LogP contribution in [0.15, 0.2) is 30.5 Å². The Morgan fingerprint density at radius 1 is 1.26 bits per heavy atom. The highest BCUT2D eigenvalue weighted by Crippen LogP contribution is 2.55. The number of benzene rings is 1. The van der Waals surface area contributed by atoms with Crippen molar-refractivity contribution in [3.8, 4) is 5.75 Å². The third kappa shape index (κ3) is 4.93. The van der Waals surface area contributed by atoms with Crippen molar-refractivity contribution in [2.24, 2.45) is 5.92 Å². The van der Waals surface area contributed by atoms with Crippen molar-refractivity contribution in [3.05, 3.63) is 47.7 Å². The van der Waals surface area contributed by atoms with Gasteiger partial charge in [0.2, 0.25) is 11.7 Å². The number of nitrogens with zero attached hydrogens (tertiary/aromatic N) is 3. The van der Waals surface area contributed by atoms with E-state index in [0.717, 1.165) is 26.2 Å². The number of ether oxygens (including phenoxy) is 2. The van der Waals surface area contributed by atoms with Gasteiger partial charge >= 0.3 is 6.18 Å². The van der Waals surface area contributed by atoms with Crippen LogP contribution in [0.4, 0.5) is 33.5 Å². The van der Waals surface area contributed by atoms with Gasteiger partial charge in [0, 0.05) is 41.9 Å². The molecule has 1 aromatic carbocycles. The van der Waals surface area contributed by atoms with Crippen molar-refractivity contribution in [1.82, 2.24) is 9.88 Å². The first-order valence-corrected chi connectivity index (χ1v) is 12.2. The normalized spacial score (nSPS) is 27.4. The molecule has 2 fully saturated rings. The van der Waals surface area contributed by atoms with Crippen molar-refractivity contribution in [2.75, 3.05) is 38.0 Å². The molecule has 0 unspecified atom stereocenters. The third-order valence-electron chi connectivity index (χ3n) is 7.66. The fourth-order valence-electron chi connectivity index (χ4n) is 5.27. The number of anilines is 2. The summed E-state index contributed by atoms with van der Waals surface area (Å²) >= 11 is 0. The molecule has 212 valence electrons. The molecule has 2 aromatic rings. The number of amides is 2. The molecule has 0 saturated carbocycles. The summed E-state index contributed by atoms with van der Waals surface area (Å²) in [5, 5.41) is 2.54. The summed E-state index contributed by atoms with van der Waals surface area (Å²) in [4.78, 5) is 33.6. The van der Waals surface area contributed by atoms with Crippen LogP contribution in [0.2, 0.25) is 0 Å². The van der Waals surface area contributed by atoms with E-state index in [0.29, 0.717) is 13.0 Å². The molecule has 0 aliphatic carbocycles. The van der Waals surface area contributed by atoms with E-state index in [1.807, 2.05) is 0 Å². The Kier molecular flexibility index (Phi) is 7.60. The Hall–Kier alpha value is -3.32. The highest BCUT2D eigenvalue weighted by atomic mass is 19.4. The Labute approximate surface area is 222 Å². The fraction of sp³-hybridized carbons (Fsp3) is 0.500. The van der Waals surface area contributed by atoms with E-state index in [1.165, 1.54) is 30.2 Å². The van der Waals surface area contributed by atoms with Crippen LogP contribution in [-0.2, 0) is 14.3 Å². The van der Waals surface area contributed by atoms with Crippen molar-refractivity contribution in [1.29, 1.82) is 0 Å². The predicted octanol–water partition coefficient (Wildman–Crippen LogP) is 4.11. The van der Waals surface area contributed by atoms with E-state index >= 15 is 0 Å². The van der Waals surface area contributed by atoms with Gasteiger partial charge in [-0.1, -0.05) is 13.0 Å². The molecule has 2 saturated heterocycles. The second-order valence-corrected chi connectivity index (χ2v) is 10.1. The molecule has 2 amide bonds. The average molecular weight is 557 g/mol. The number of rotatable bonds is 6. The number of hydrogen-bond acceptors (Lipinski definition) is 6. The Bertz CT molecular complexity index is 1270. The van der Waals surface area contributed by atoms with Gasteiger partial charge in [-0.3, -0.25) is 19.4 Å². The zero-order chi connectivity index (χ0) is 28.9. The summed E-state index contributed by atoms with van der Waals surface area (Å²) in [6, 6.07) is 4.38. The van der Waals surface area contributed by atoms with Gasteiger partial charge in [0.25, 0.3) is 5.91 Å². The largest absolute Gasteiger partial charge is 0.493 e. The van der Waals surface area contributed by atoms with Crippen LogP contribution in [0, 0.1) is 17.6 Å². The van der Waals surface area contributed by atoms with Crippen LogP contribution in [0.25, 0.3) is 0 Å². The highest BCUT2D eigenvalue weighted by molar-refractivity contribution is 6.00. The number of hydrogen-bond donors (Lipinski definition) is 1. The first-order valence-electron chi connectivity index (χ1n) is 12.2. The van der Waals surface area contributed by atoms with Crippen molar-refractivity contribution < 1.29 is 41.0 Å². The van der Waals surface area contributed by atoms with E-state index < -0.39 is 53.0 Å². The SMILES string of the molecule is COc1c([C@H]2[C@H](C(=O)Nc3ccnc(N4CC[C@H](N(C)C)C4=O)c3)O[C@@](C)(C(F)(F)F)[C@H]2C)ccc(F)c1F. The Morgan fingerprint density at radius 3 is 2.54 bits per heavy atom. The van der Waals surface area contributed by atoms with Crippen LogP contribution in [0.1, 0.15) is 31.7 Å². The van der Waals surface area contributed by atoms with Crippen molar-refractivity contribution >= 4 is 23.3 Å². The Morgan fingerprint density at radius 2 is 1.95 bits per heavy atom. The van der Waals surface area contributed by atoms with Gasteiger partial charge in [-0.05, 0) is 39.6 Å². The smallest absolute Gasteiger partial charge is 0.417 e. The van der Waals surface area contributed by atoms with E-state index in [9.17, 15) is 31.5 Å². The van der Waals surface area contributed by atoms with Gasteiger partial charge < -0.3 is 14.8 Å². The highest BCUT2D eigenvalue weighted by Gasteiger charge is 2.66. The number of halogens is 5. The van der Waals surface area contributed by atoms with Gasteiger partial charge in [0.05, 0.1) is 13.2 Å². The third-order valence-corrected chi connectivity index (χ3v) is 7.66. The van der Waals surface area contributed by atoms with Gasteiger partial charge in [-0.25, -0.2) is 9.37 Å². The quantitative estimate of drug-likeness (QED) is 0.540. The summed E-state index contributed by atoms with van der Waals surface area (Å²) in [5.74, 6) is -6.81. The summed E-state index contributed by atoms with van der Waals surface area (Å²) in [6.07, 6.45) is -4.69. The number of alkyl halides is 3. The number of likely N-dealkylation sites (N-methyl/N-ethyl adjacent to an activating group) is 1.